The van der Waals surface area contributed by atoms with Gasteiger partial charge in [0, 0.05) is 24.4 Å². The smallest absolute Gasteiger partial charge is 0.135 e. The standard InChI is InChI=1S/C12H17N3O/c1-2-13-12-9-7-16-6-5-10(9)14-11(15-12)8-3-4-8/h8H,2-7H2,1H3,(H,13,14,15). The number of ether oxygens (including phenoxy) is 1. The summed E-state index contributed by atoms with van der Waals surface area (Å²) in [7, 11) is 0. The molecule has 0 bridgehead atoms. The van der Waals surface area contributed by atoms with Crippen LogP contribution in [0.5, 0.6) is 0 Å². The van der Waals surface area contributed by atoms with E-state index in [1.54, 1.807) is 0 Å². The number of rotatable bonds is 3. The molecular weight excluding hydrogens is 202 g/mol. The third kappa shape index (κ3) is 1.78. The lowest BCUT2D eigenvalue weighted by Gasteiger charge is -2.19. The van der Waals surface area contributed by atoms with Gasteiger partial charge in [-0.25, -0.2) is 9.97 Å². The van der Waals surface area contributed by atoms with Gasteiger partial charge in [0.1, 0.15) is 11.6 Å². The summed E-state index contributed by atoms with van der Waals surface area (Å²) in [5.41, 5.74) is 2.36. The zero-order chi connectivity index (χ0) is 11.0. The summed E-state index contributed by atoms with van der Waals surface area (Å²) in [4.78, 5) is 9.32. The number of hydrogen-bond donors (Lipinski definition) is 1. The quantitative estimate of drug-likeness (QED) is 0.843. The van der Waals surface area contributed by atoms with Crippen LogP contribution in [0.3, 0.4) is 0 Å². The Kier molecular flexibility index (Phi) is 2.52. The molecule has 16 heavy (non-hydrogen) atoms. The minimum absolute atomic E-state index is 0.616. The Morgan fingerprint density at radius 3 is 3.00 bits per heavy atom. The lowest BCUT2D eigenvalue weighted by Crippen LogP contribution is -2.17. The van der Waals surface area contributed by atoms with Gasteiger partial charge in [-0.15, -0.1) is 0 Å². The molecule has 3 rings (SSSR count). The van der Waals surface area contributed by atoms with E-state index < -0.39 is 0 Å². The first-order chi connectivity index (χ1) is 7.88. The van der Waals surface area contributed by atoms with Crippen molar-refractivity contribution < 1.29 is 4.74 Å². The number of fused-ring (bicyclic) bond motifs is 1. The maximum atomic E-state index is 5.48. The highest BCUT2D eigenvalue weighted by Gasteiger charge is 2.29. The molecule has 4 nitrogen and oxygen atoms in total. The summed E-state index contributed by atoms with van der Waals surface area (Å²) in [6.45, 7) is 4.44. The Morgan fingerprint density at radius 1 is 1.38 bits per heavy atom. The number of aromatic nitrogens is 2. The summed E-state index contributed by atoms with van der Waals surface area (Å²) < 4.78 is 5.48. The maximum Gasteiger partial charge on any atom is 0.135 e. The molecule has 1 fully saturated rings. The van der Waals surface area contributed by atoms with Crippen molar-refractivity contribution in [3.8, 4) is 0 Å². The Balaban J connectivity index is 2.01. The van der Waals surface area contributed by atoms with Gasteiger partial charge in [0.15, 0.2) is 0 Å². The fourth-order valence-electron chi connectivity index (χ4n) is 2.09. The van der Waals surface area contributed by atoms with E-state index in [1.165, 1.54) is 18.5 Å². The van der Waals surface area contributed by atoms with Crippen LogP contribution < -0.4 is 5.32 Å². The molecule has 86 valence electrons. The van der Waals surface area contributed by atoms with Crippen molar-refractivity contribution in [3.63, 3.8) is 0 Å². The molecule has 2 aliphatic rings. The number of nitrogens with zero attached hydrogens (tertiary/aromatic N) is 2. The van der Waals surface area contributed by atoms with E-state index in [2.05, 4.69) is 22.2 Å². The molecule has 1 saturated carbocycles. The zero-order valence-electron chi connectivity index (χ0n) is 9.62. The SMILES string of the molecule is CCNc1nc(C2CC2)nc2c1COCC2. The van der Waals surface area contributed by atoms with Crippen molar-refractivity contribution in [1.29, 1.82) is 0 Å². The molecule has 1 aliphatic heterocycles. The predicted molar refractivity (Wildman–Crippen MR) is 61.5 cm³/mol. The van der Waals surface area contributed by atoms with Gasteiger partial charge in [-0.1, -0.05) is 0 Å². The van der Waals surface area contributed by atoms with Crippen molar-refractivity contribution in [3.05, 3.63) is 17.1 Å². The predicted octanol–water partition coefficient (Wildman–Crippen LogP) is 1.86. The first-order valence-corrected chi connectivity index (χ1v) is 6.09. The van der Waals surface area contributed by atoms with Crippen LogP contribution in [0.15, 0.2) is 0 Å². The topological polar surface area (TPSA) is 47.0 Å². The molecule has 0 atom stereocenters. The molecule has 0 radical (unpaired) electrons. The second kappa shape index (κ2) is 4.01. The van der Waals surface area contributed by atoms with Crippen molar-refractivity contribution >= 4 is 5.82 Å². The minimum Gasteiger partial charge on any atom is -0.376 e. The lowest BCUT2D eigenvalue weighted by atomic mass is 10.1. The molecule has 0 aromatic carbocycles. The summed E-state index contributed by atoms with van der Waals surface area (Å²) in [6, 6.07) is 0. The van der Waals surface area contributed by atoms with Crippen LogP contribution in [0.25, 0.3) is 0 Å². The fourth-order valence-corrected chi connectivity index (χ4v) is 2.09. The van der Waals surface area contributed by atoms with E-state index in [0.717, 1.165) is 36.8 Å². The van der Waals surface area contributed by atoms with Crippen LogP contribution in [0, 0.1) is 0 Å². The third-order valence-electron chi connectivity index (χ3n) is 3.13. The maximum absolute atomic E-state index is 5.48. The van der Waals surface area contributed by atoms with E-state index in [9.17, 15) is 0 Å². The highest BCUT2D eigenvalue weighted by molar-refractivity contribution is 5.47. The van der Waals surface area contributed by atoms with Gasteiger partial charge < -0.3 is 10.1 Å². The number of hydrogen-bond acceptors (Lipinski definition) is 4. The van der Waals surface area contributed by atoms with Crippen LogP contribution in [0.1, 0.15) is 42.8 Å². The fraction of sp³-hybridized carbons (Fsp3) is 0.667. The van der Waals surface area contributed by atoms with Crippen molar-refractivity contribution in [2.45, 2.75) is 38.7 Å². The third-order valence-corrected chi connectivity index (χ3v) is 3.13. The first kappa shape index (κ1) is 10.0. The van der Waals surface area contributed by atoms with Gasteiger partial charge in [-0.3, -0.25) is 0 Å². The van der Waals surface area contributed by atoms with E-state index in [-0.39, 0.29) is 0 Å². The monoisotopic (exact) mass is 219 g/mol. The Bertz CT molecular complexity index is 401. The van der Waals surface area contributed by atoms with Gasteiger partial charge in [-0.05, 0) is 19.8 Å². The normalized spacial score (nSPS) is 19.3. The summed E-state index contributed by atoms with van der Waals surface area (Å²) in [5.74, 6) is 2.65. The molecule has 0 unspecified atom stereocenters. The van der Waals surface area contributed by atoms with E-state index in [1.807, 2.05) is 0 Å². The average Bonchev–Trinajstić information content (AvgIpc) is 3.13. The van der Waals surface area contributed by atoms with Gasteiger partial charge in [0.05, 0.1) is 18.9 Å². The number of anilines is 1. The minimum atomic E-state index is 0.616. The highest BCUT2D eigenvalue weighted by Crippen LogP contribution is 2.39. The van der Waals surface area contributed by atoms with E-state index >= 15 is 0 Å². The summed E-state index contributed by atoms with van der Waals surface area (Å²) in [5, 5.41) is 3.33. The molecule has 2 heterocycles. The highest BCUT2D eigenvalue weighted by atomic mass is 16.5. The van der Waals surface area contributed by atoms with Crippen LogP contribution in [-0.4, -0.2) is 23.1 Å². The van der Waals surface area contributed by atoms with E-state index in [4.69, 9.17) is 4.74 Å². The van der Waals surface area contributed by atoms with Crippen molar-refractivity contribution in [1.82, 2.24) is 9.97 Å². The molecule has 4 heteroatoms. The number of nitrogens with one attached hydrogen (secondary N) is 1. The first-order valence-electron chi connectivity index (χ1n) is 6.09. The summed E-state index contributed by atoms with van der Waals surface area (Å²) >= 11 is 0. The van der Waals surface area contributed by atoms with Crippen LogP contribution in [0.4, 0.5) is 5.82 Å². The molecule has 0 amide bonds. The average molecular weight is 219 g/mol. The van der Waals surface area contributed by atoms with E-state index in [0.29, 0.717) is 12.5 Å². The van der Waals surface area contributed by atoms with Crippen molar-refractivity contribution in [2.75, 3.05) is 18.5 Å². The second-order valence-corrected chi connectivity index (χ2v) is 4.46. The largest absolute Gasteiger partial charge is 0.376 e. The molecule has 1 aromatic heterocycles. The second-order valence-electron chi connectivity index (χ2n) is 4.46. The Hall–Kier alpha value is -1.16. The Morgan fingerprint density at radius 2 is 2.25 bits per heavy atom. The van der Waals surface area contributed by atoms with Gasteiger partial charge in [0.25, 0.3) is 0 Å². The molecule has 0 spiro atoms. The van der Waals surface area contributed by atoms with Gasteiger partial charge >= 0.3 is 0 Å². The molecule has 1 aliphatic carbocycles. The van der Waals surface area contributed by atoms with Crippen LogP contribution in [-0.2, 0) is 17.8 Å². The molecule has 1 aromatic rings. The van der Waals surface area contributed by atoms with Crippen molar-refractivity contribution in [2.24, 2.45) is 0 Å². The van der Waals surface area contributed by atoms with Gasteiger partial charge in [-0.2, -0.15) is 0 Å². The lowest BCUT2D eigenvalue weighted by molar-refractivity contribution is 0.109. The molecule has 0 saturated heterocycles. The summed E-state index contributed by atoms with van der Waals surface area (Å²) in [6.07, 6.45) is 3.43. The van der Waals surface area contributed by atoms with Crippen LogP contribution >= 0.6 is 0 Å². The Labute approximate surface area is 95.4 Å². The van der Waals surface area contributed by atoms with Gasteiger partial charge in [0.2, 0.25) is 0 Å². The zero-order valence-corrected chi connectivity index (χ0v) is 9.62. The molecular formula is C12H17N3O. The molecule has 1 N–H and O–H groups in total. The van der Waals surface area contributed by atoms with Crippen LogP contribution in [0.2, 0.25) is 0 Å².